The third-order valence-corrected chi connectivity index (χ3v) is 2.29. The van der Waals surface area contributed by atoms with Gasteiger partial charge in [0, 0.05) is 11.8 Å². The van der Waals surface area contributed by atoms with E-state index in [1.807, 2.05) is 0 Å². The number of carbonyl (C=O) groups excluding carboxylic acids is 1. The van der Waals surface area contributed by atoms with E-state index in [1.54, 1.807) is 0 Å². The Balaban J connectivity index is 2.28. The van der Waals surface area contributed by atoms with Crippen molar-refractivity contribution in [2.45, 2.75) is 0 Å². The first kappa shape index (κ1) is 13.1. The molecule has 0 unspecified atom stereocenters. The van der Waals surface area contributed by atoms with Crippen molar-refractivity contribution in [2.75, 3.05) is 5.32 Å². The largest absolute Gasteiger partial charge is 0.322 e. The fourth-order valence-corrected chi connectivity index (χ4v) is 1.50. The molecule has 2 aromatic carbocycles. The molecular weight excluding hydrogens is 262 g/mol. The molecule has 1 amide bonds. The predicted molar refractivity (Wildman–Crippen MR) is 60.7 cm³/mol. The Bertz CT molecular complexity index is 622. The summed E-state index contributed by atoms with van der Waals surface area (Å²) < 4.78 is 52.0. The average Bonchev–Trinajstić information content (AvgIpc) is 2.30. The number of amides is 1. The third-order valence-electron chi connectivity index (χ3n) is 2.29. The van der Waals surface area contributed by atoms with Crippen molar-refractivity contribution in [2.24, 2.45) is 0 Å². The molecule has 1 N–H and O–H groups in total. The smallest absolute Gasteiger partial charge is 0.258 e. The van der Waals surface area contributed by atoms with E-state index >= 15 is 0 Å². The lowest BCUT2D eigenvalue weighted by Gasteiger charge is -2.06. The first-order chi connectivity index (χ1) is 8.95. The SMILES string of the molecule is O=C(Nc1cc(F)cc(F)c1)c1cc(F)ccc1F. The molecule has 19 heavy (non-hydrogen) atoms. The van der Waals surface area contributed by atoms with Crippen molar-refractivity contribution >= 4 is 11.6 Å². The van der Waals surface area contributed by atoms with Gasteiger partial charge in [-0.3, -0.25) is 4.79 Å². The van der Waals surface area contributed by atoms with Crippen LogP contribution in [-0.4, -0.2) is 5.91 Å². The summed E-state index contributed by atoms with van der Waals surface area (Å²) in [5.74, 6) is -4.51. The highest BCUT2D eigenvalue weighted by molar-refractivity contribution is 6.04. The summed E-state index contributed by atoms with van der Waals surface area (Å²) in [6, 6.07) is 4.68. The van der Waals surface area contributed by atoms with Crippen LogP contribution < -0.4 is 5.32 Å². The highest BCUT2D eigenvalue weighted by Gasteiger charge is 2.13. The van der Waals surface area contributed by atoms with E-state index in [0.717, 1.165) is 24.3 Å². The predicted octanol–water partition coefficient (Wildman–Crippen LogP) is 3.50. The maximum atomic E-state index is 13.3. The highest BCUT2D eigenvalue weighted by atomic mass is 19.1. The number of halogens is 4. The zero-order chi connectivity index (χ0) is 14.0. The van der Waals surface area contributed by atoms with Crippen LogP contribution in [-0.2, 0) is 0 Å². The number of carbonyl (C=O) groups is 1. The van der Waals surface area contributed by atoms with Crippen LogP contribution in [0.5, 0.6) is 0 Å². The van der Waals surface area contributed by atoms with Gasteiger partial charge in [-0.2, -0.15) is 0 Å². The fraction of sp³-hybridized carbons (Fsp3) is 0. The molecule has 0 saturated carbocycles. The minimum atomic E-state index is -0.998. The molecule has 2 nitrogen and oxygen atoms in total. The Labute approximate surface area is 105 Å². The molecule has 2 aromatic rings. The second-order valence-electron chi connectivity index (χ2n) is 3.74. The maximum absolute atomic E-state index is 13.3. The van der Waals surface area contributed by atoms with Gasteiger partial charge >= 0.3 is 0 Å². The van der Waals surface area contributed by atoms with Gasteiger partial charge in [0.25, 0.3) is 5.91 Å². The van der Waals surface area contributed by atoms with Crippen molar-refractivity contribution in [1.29, 1.82) is 0 Å². The number of anilines is 1. The summed E-state index contributed by atoms with van der Waals surface area (Å²) in [6.45, 7) is 0. The van der Waals surface area contributed by atoms with Crippen molar-refractivity contribution in [3.05, 3.63) is 65.2 Å². The summed E-state index contributed by atoms with van der Waals surface area (Å²) in [5.41, 5.74) is -0.740. The standard InChI is InChI=1S/C13H7F4NO/c14-7-1-2-12(17)11(6-7)13(19)18-10-4-8(15)3-9(16)5-10/h1-6H,(H,18,19). The first-order valence-electron chi connectivity index (χ1n) is 5.18. The molecule has 0 aliphatic heterocycles. The second-order valence-corrected chi connectivity index (χ2v) is 3.74. The Hall–Kier alpha value is -2.37. The van der Waals surface area contributed by atoms with E-state index in [0.29, 0.717) is 12.1 Å². The fourth-order valence-electron chi connectivity index (χ4n) is 1.50. The number of hydrogen-bond donors (Lipinski definition) is 1. The van der Waals surface area contributed by atoms with Crippen molar-refractivity contribution in [1.82, 2.24) is 0 Å². The topological polar surface area (TPSA) is 29.1 Å². The van der Waals surface area contributed by atoms with E-state index in [2.05, 4.69) is 5.32 Å². The van der Waals surface area contributed by atoms with Crippen LogP contribution in [0.1, 0.15) is 10.4 Å². The monoisotopic (exact) mass is 269 g/mol. The lowest BCUT2D eigenvalue weighted by atomic mass is 10.2. The van der Waals surface area contributed by atoms with Crippen molar-refractivity contribution in [3.8, 4) is 0 Å². The van der Waals surface area contributed by atoms with Gasteiger partial charge in [0.2, 0.25) is 0 Å². The average molecular weight is 269 g/mol. The van der Waals surface area contributed by atoms with Crippen LogP contribution >= 0.6 is 0 Å². The minimum absolute atomic E-state index is 0.189. The molecule has 6 heteroatoms. The molecule has 0 spiro atoms. The van der Waals surface area contributed by atoms with Gasteiger partial charge in [0.1, 0.15) is 23.3 Å². The molecular formula is C13H7F4NO. The van der Waals surface area contributed by atoms with E-state index in [-0.39, 0.29) is 5.69 Å². The Kier molecular flexibility index (Phi) is 3.50. The molecule has 0 radical (unpaired) electrons. The van der Waals surface area contributed by atoms with Crippen LogP contribution in [0.4, 0.5) is 23.2 Å². The van der Waals surface area contributed by atoms with Crippen LogP contribution in [0.25, 0.3) is 0 Å². The second kappa shape index (κ2) is 5.09. The third kappa shape index (κ3) is 3.09. The number of hydrogen-bond acceptors (Lipinski definition) is 1. The number of benzene rings is 2. The van der Waals surface area contributed by atoms with Gasteiger partial charge in [-0.1, -0.05) is 0 Å². The first-order valence-corrected chi connectivity index (χ1v) is 5.18. The summed E-state index contributed by atoms with van der Waals surface area (Å²) in [7, 11) is 0. The van der Waals surface area contributed by atoms with Crippen LogP contribution in [0.15, 0.2) is 36.4 Å². The highest BCUT2D eigenvalue weighted by Crippen LogP contribution is 2.16. The van der Waals surface area contributed by atoms with Gasteiger partial charge in [-0.05, 0) is 30.3 Å². The maximum Gasteiger partial charge on any atom is 0.258 e. The van der Waals surface area contributed by atoms with Gasteiger partial charge in [-0.15, -0.1) is 0 Å². The lowest BCUT2D eigenvalue weighted by Crippen LogP contribution is -2.14. The van der Waals surface area contributed by atoms with E-state index < -0.39 is 34.7 Å². The van der Waals surface area contributed by atoms with E-state index in [4.69, 9.17) is 0 Å². The summed E-state index contributed by atoms with van der Waals surface area (Å²) in [6.07, 6.45) is 0. The van der Waals surface area contributed by atoms with Gasteiger partial charge in [0.15, 0.2) is 0 Å². The Morgan fingerprint density at radius 2 is 1.47 bits per heavy atom. The van der Waals surface area contributed by atoms with Gasteiger partial charge < -0.3 is 5.32 Å². The molecule has 0 aromatic heterocycles. The lowest BCUT2D eigenvalue weighted by molar-refractivity contribution is 0.102. The molecule has 0 atom stereocenters. The van der Waals surface area contributed by atoms with Crippen molar-refractivity contribution < 1.29 is 22.4 Å². The minimum Gasteiger partial charge on any atom is -0.322 e. The quantitative estimate of drug-likeness (QED) is 0.831. The Morgan fingerprint density at radius 3 is 2.11 bits per heavy atom. The normalized spacial score (nSPS) is 10.3. The van der Waals surface area contributed by atoms with Crippen LogP contribution in [0, 0.1) is 23.3 Å². The van der Waals surface area contributed by atoms with E-state index in [9.17, 15) is 22.4 Å². The molecule has 0 aliphatic carbocycles. The molecule has 0 bridgehead atoms. The number of rotatable bonds is 2. The number of nitrogens with one attached hydrogen (secondary N) is 1. The molecule has 0 heterocycles. The van der Waals surface area contributed by atoms with Gasteiger partial charge in [0.05, 0.1) is 5.56 Å². The Morgan fingerprint density at radius 1 is 0.842 bits per heavy atom. The summed E-state index contributed by atoms with van der Waals surface area (Å²) >= 11 is 0. The van der Waals surface area contributed by atoms with Crippen LogP contribution in [0.2, 0.25) is 0 Å². The van der Waals surface area contributed by atoms with Gasteiger partial charge in [-0.25, -0.2) is 17.6 Å². The molecule has 0 saturated heterocycles. The van der Waals surface area contributed by atoms with E-state index in [1.165, 1.54) is 0 Å². The molecule has 0 fully saturated rings. The zero-order valence-electron chi connectivity index (χ0n) is 9.38. The summed E-state index contributed by atoms with van der Waals surface area (Å²) in [5, 5.41) is 2.08. The molecule has 0 aliphatic rings. The summed E-state index contributed by atoms with van der Waals surface area (Å²) in [4.78, 5) is 11.6. The van der Waals surface area contributed by atoms with Crippen LogP contribution in [0.3, 0.4) is 0 Å². The van der Waals surface area contributed by atoms with Crippen molar-refractivity contribution in [3.63, 3.8) is 0 Å². The molecule has 2 rings (SSSR count). The molecule has 98 valence electrons. The zero-order valence-corrected chi connectivity index (χ0v) is 9.38.